The van der Waals surface area contributed by atoms with Crippen LogP contribution in [0.15, 0.2) is 67.0 Å². The number of β-amino-alcohol motifs (C(OH)–C–C–N with tert-alkyl or cyclic N) is 1. The van der Waals surface area contributed by atoms with Gasteiger partial charge in [0.25, 0.3) is 0 Å². The van der Waals surface area contributed by atoms with Crippen molar-refractivity contribution in [3.8, 4) is 11.5 Å². The van der Waals surface area contributed by atoms with Crippen LogP contribution in [-0.4, -0.2) is 64.9 Å². The number of aliphatic hydroxyl groups is 1. The second kappa shape index (κ2) is 11.3. The van der Waals surface area contributed by atoms with Crippen LogP contribution in [0.1, 0.15) is 12.0 Å². The van der Waals surface area contributed by atoms with Crippen LogP contribution in [0.2, 0.25) is 0 Å². The number of nitrogens with zero attached hydrogens (tertiary/aromatic N) is 3. The number of aromatic nitrogens is 2. The van der Waals surface area contributed by atoms with Crippen molar-refractivity contribution in [2.24, 2.45) is 0 Å². The average Bonchev–Trinajstić information content (AvgIpc) is 3.25. The van der Waals surface area contributed by atoms with Gasteiger partial charge in [0.1, 0.15) is 29.5 Å². The van der Waals surface area contributed by atoms with Crippen molar-refractivity contribution in [2.75, 3.05) is 39.5 Å². The summed E-state index contributed by atoms with van der Waals surface area (Å²) in [6, 6.07) is 15.8. The molecule has 1 saturated heterocycles. The fourth-order valence-electron chi connectivity index (χ4n) is 3.83. The normalized spacial score (nSPS) is 19.2. The maximum Gasteiger partial charge on any atom is 0.134 e. The predicted octanol–water partition coefficient (Wildman–Crippen LogP) is 3.13. The van der Waals surface area contributed by atoms with Crippen molar-refractivity contribution in [3.05, 3.63) is 78.4 Å². The molecule has 0 saturated carbocycles. The smallest absolute Gasteiger partial charge is 0.134 e. The van der Waals surface area contributed by atoms with E-state index in [0.29, 0.717) is 38.6 Å². The first-order chi connectivity index (χ1) is 16.1. The lowest BCUT2D eigenvalue weighted by atomic mass is 10.1. The molecule has 2 aromatic carbocycles. The molecule has 2 heterocycles. The minimum absolute atomic E-state index is 0.0202. The van der Waals surface area contributed by atoms with Crippen LogP contribution in [0.25, 0.3) is 0 Å². The molecule has 1 aliphatic heterocycles. The molecule has 0 bridgehead atoms. The highest BCUT2D eigenvalue weighted by molar-refractivity contribution is 5.28. The summed E-state index contributed by atoms with van der Waals surface area (Å²) in [6.07, 6.45) is 4.58. The summed E-state index contributed by atoms with van der Waals surface area (Å²) in [4.78, 5) is 2.14. The number of benzene rings is 2. The van der Waals surface area contributed by atoms with E-state index >= 15 is 0 Å². The van der Waals surface area contributed by atoms with Crippen LogP contribution in [-0.2, 0) is 17.8 Å². The van der Waals surface area contributed by atoms with E-state index in [1.54, 1.807) is 18.3 Å². The van der Waals surface area contributed by atoms with Gasteiger partial charge in [-0.3, -0.25) is 9.58 Å². The summed E-state index contributed by atoms with van der Waals surface area (Å²) in [7, 11) is 0. The Morgan fingerprint density at radius 1 is 1.09 bits per heavy atom. The van der Waals surface area contributed by atoms with Gasteiger partial charge in [0.15, 0.2) is 0 Å². The van der Waals surface area contributed by atoms with Crippen molar-refractivity contribution in [2.45, 2.75) is 25.1 Å². The molecule has 7 nitrogen and oxygen atoms in total. The second-order valence-electron chi connectivity index (χ2n) is 8.35. The first-order valence-corrected chi connectivity index (χ1v) is 11.2. The van der Waals surface area contributed by atoms with Gasteiger partial charge in [-0.1, -0.05) is 18.2 Å². The molecule has 1 atom stereocenters. The SMILES string of the molecule is OC1(COc2cccc(F)c2)COCCN(Cc2cccc(OCCCn3cccn3)c2)C1. The molecule has 8 heteroatoms. The van der Waals surface area contributed by atoms with Crippen molar-refractivity contribution >= 4 is 0 Å². The third-order valence-electron chi connectivity index (χ3n) is 5.41. The largest absolute Gasteiger partial charge is 0.494 e. The first kappa shape index (κ1) is 23.2. The fraction of sp³-hybridized carbons (Fsp3) is 0.400. The molecule has 176 valence electrons. The van der Waals surface area contributed by atoms with E-state index in [1.165, 1.54) is 12.1 Å². The molecule has 33 heavy (non-hydrogen) atoms. The molecule has 3 aromatic rings. The highest BCUT2D eigenvalue weighted by Crippen LogP contribution is 2.20. The Bertz CT molecular complexity index is 1000. The minimum atomic E-state index is -1.19. The van der Waals surface area contributed by atoms with Gasteiger partial charge in [-0.15, -0.1) is 0 Å². The molecule has 1 unspecified atom stereocenters. The van der Waals surface area contributed by atoms with Crippen LogP contribution in [0.5, 0.6) is 11.5 Å². The van der Waals surface area contributed by atoms with Crippen LogP contribution in [0.4, 0.5) is 4.39 Å². The van der Waals surface area contributed by atoms with Gasteiger partial charge in [-0.05, 0) is 35.9 Å². The molecular weight excluding hydrogens is 425 g/mol. The van der Waals surface area contributed by atoms with Crippen LogP contribution in [0, 0.1) is 5.82 Å². The highest BCUT2D eigenvalue weighted by atomic mass is 19.1. The predicted molar refractivity (Wildman–Crippen MR) is 122 cm³/mol. The maximum absolute atomic E-state index is 13.4. The van der Waals surface area contributed by atoms with Crippen molar-refractivity contribution in [3.63, 3.8) is 0 Å². The summed E-state index contributed by atoms with van der Waals surface area (Å²) < 4.78 is 32.5. The Kier molecular flexibility index (Phi) is 7.93. The van der Waals surface area contributed by atoms with E-state index in [-0.39, 0.29) is 19.0 Å². The zero-order chi connectivity index (χ0) is 22.9. The fourth-order valence-corrected chi connectivity index (χ4v) is 3.83. The first-order valence-electron chi connectivity index (χ1n) is 11.2. The quantitative estimate of drug-likeness (QED) is 0.474. The lowest BCUT2D eigenvalue weighted by Gasteiger charge is -2.30. The Balaban J connectivity index is 1.29. The highest BCUT2D eigenvalue weighted by Gasteiger charge is 2.33. The van der Waals surface area contributed by atoms with Crippen molar-refractivity contribution in [1.82, 2.24) is 14.7 Å². The second-order valence-corrected chi connectivity index (χ2v) is 8.35. The molecular formula is C25H30FN3O4. The number of halogens is 1. The van der Waals surface area contributed by atoms with Gasteiger partial charge in [0.2, 0.25) is 0 Å². The molecule has 0 amide bonds. The molecule has 1 aromatic heterocycles. The zero-order valence-electron chi connectivity index (χ0n) is 18.6. The monoisotopic (exact) mass is 455 g/mol. The number of hydrogen-bond donors (Lipinski definition) is 1. The topological polar surface area (TPSA) is 69.0 Å². The molecule has 0 aliphatic carbocycles. The van der Waals surface area contributed by atoms with Crippen LogP contribution in [0.3, 0.4) is 0 Å². The number of ether oxygens (including phenoxy) is 3. The van der Waals surface area contributed by atoms with Gasteiger partial charge >= 0.3 is 0 Å². The number of hydrogen-bond acceptors (Lipinski definition) is 6. The van der Waals surface area contributed by atoms with Crippen LogP contribution < -0.4 is 9.47 Å². The van der Waals surface area contributed by atoms with Crippen LogP contribution >= 0.6 is 0 Å². The Morgan fingerprint density at radius 2 is 1.94 bits per heavy atom. The van der Waals surface area contributed by atoms with Crippen molar-refractivity contribution in [1.29, 1.82) is 0 Å². The molecule has 1 N–H and O–H groups in total. The van der Waals surface area contributed by atoms with Gasteiger partial charge < -0.3 is 19.3 Å². The summed E-state index contributed by atoms with van der Waals surface area (Å²) in [6.45, 7) is 3.86. The summed E-state index contributed by atoms with van der Waals surface area (Å²) in [5, 5.41) is 15.3. The van der Waals surface area contributed by atoms with Gasteiger partial charge in [-0.2, -0.15) is 5.10 Å². The van der Waals surface area contributed by atoms with Gasteiger partial charge in [0.05, 0.1) is 19.8 Å². The summed E-state index contributed by atoms with van der Waals surface area (Å²) in [5.74, 6) is 0.835. The summed E-state index contributed by atoms with van der Waals surface area (Å²) >= 11 is 0. The van der Waals surface area contributed by atoms with Gasteiger partial charge in [-0.25, -0.2) is 4.39 Å². The number of rotatable bonds is 10. The van der Waals surface area contributed by atoms with Crippen molar-refractivity contribution < 1.29 is 23.7 Å². The molecule has 4 rings (SSSR count). The standard InChI is InChI=1S/C25H30FN3O4/c26-22-6-2-8-24(16-22)33-20-25(30)18-28(12-14-31-19-25)17-21-5-1-7-23(15-21)32-13-4-11-29-10-3-9-27-29/h1-3,5-10,15-16,30H,4,11-14,17-20H2. The Hall–Kier alpha value is -2.94. The third-order valence-corrected chi connectivity index (χ3v) is 5.41. The third kappa shape index (κ3) is 7.28. The van der Waals surface area contributed by atoms with Gasteiger partial charge in [0, 0.05) is 51.1 Å². The van der Waals surface area contributed by atoms with E-state index in [4.69, 9.17) is 14.2 Å². The number of aryl methyl sites for hydroxylation is 1. The lowest BCUT2D eigenvalue weighted by Crippen LogP contribution is -2.48. The summed E-state index contributed by atoms with van der Waals surface area (Å²) in [5.41, 5.74) is -0.0986. The molecule has 0 spiro atoms. The molecule has 1 fully saturated rings. The van der Waals surface area contributed by atoms with E-state index < -0.39 is 5.60 Å². The Morgan fingerprint density at radius 3 is 2.76 bits per heavy atom. The van der Waals surface area contributed by atoms with E-state index in [2.05, 4.69) is 10.00 Å². The molecule has 0 radical (unpaired) electrons. The van der Waals surface area contributed by atoms with E-state index in [9.17, 15) is 9.50 Å². The van der Waals surface area contributed by atoms with E-state index in [1.807, 2.05) is 41.2 Å². The minimum Gasteiger partial charge on any atom is -0.494 e. The molecule has 1 aliphatic rings. The van der Waals surface area contributed by atoms with E-state index in [0.717, 1.165) is 24.3 Å². The lowest BCUT2D eigenvalue weighted by molar-refractivity contribution is -0.0647. The zero-order valence-corrected chi connectivity index (χ0v) is 18.6. The maximum atomic E-state index is 13.4. The Labute approximate surface area is 193 Å². The average molecular weight is 456 g/mol.